The molecule has 0 saturated carbocycles. The number of rotatable bonds is 1. The summed E-state index contributed by atoms with van der Waals surface area (Å²) in [4.78, 5) is 15.8. The Morgan fingerprint density at radius 1 is 1.10 bits per heavy atom. The van der Waals surface area contributed by atoms with Gasteiger partial charge in [0.25, 0.3) is 0 Å². The van der Waals surface area contributed by atoms with Crippen molar-refractivity contribution in [3.8, 4) is 0 Å². The van der Waals surface area contributed by atoms with Crippen LogP contribution in [0.2, 0.25) is 0 Å². The van der Waals surface area contributed by atoms with Crippen LogP contribution in [0.1, 0.15) is 0 Å². The van der Waals surface area contributed by atoms with E-state index in [0.717, 1.165) is 21.5 Å². The maximum atomic E-state index is 12.1. The summed E-state index contributed by atoms with van der Waals surface area (Å²) in [6.45, 7) is 0.323. The van der Waals surface area contributed by atoms with Gasteiger partial charge in [0.1, 0.15) is 6.54 Å². The Morgan fingerprint density at radius 3 is 2.50 bits per heavy atom. The molecule has 0 spiro atoms. The molecule has 0 fully saturated rings. The Bertz CT molecular complexity index is 669. The molecule has 3 rings (SSSR count). The highest BCUT2D eigenvalue weighted by atomic mass is 79.9. The van der Waals surface area contributed by atoms with Gasteiger partial charge in [-0.25, -0.2) is 0 Å². The number of fused-ring (bicyclic) bond motifs is 1. The van der Waals surface area contributed by atoms with Gasteiger partial charge in [0.2, 0.25) is 5.91 Å². The van der Waals surface area contributed by atoms with Crippen LogP contribution >= 0.6 is 15.9 Å². The van der Waals surface area contributed by atoms with Crippen LogP contribution in [-0.4, -0.2) is 19.5 Å². The third-order valence-corrected chi connectivity index (χ3v) is 3.96. The summed E-state index contributed by atoms with van der Waals surface area (Å²) in [5, 5.41) is 0. The minimum absolute atomic E-state index is 0.0663. The molecule has 0 aliphatic carbocycles. The monoisotopic (exact) mass is 331 g/mol. The highest BCUT2D eigenvalue weighted by molar-refractivity contribution is 9.10. The van der Waals surface area contributed by atoms with E-state index in [0.29, 0.717) is 12.2 Å². The Hall–Kier alpha value is -2.01. The molecular weight excluding hydrogens is 318 g/mol. The maximum Gasteiger partial charge on any atom is 0.246 e. The van der Waals surface area contributed by atoms with Crippen molar-refractivity contribution in [2.75, 3.05) is 29.1 Å². The molecule has 20 heavy (non-hydrogen) atoms. The largest absolute Gasteiger partial charge is 0.399 e. The van der Waals surface area contributed by atoms with E-state index in [-0.39, 0.29) is 5.91 Å². The molecule has 0 radical (unpaired) electrons. The molecule has 1 heterocycles. The Kier molecular flexibility index (Phi) is 3.14. The van der Waals surface area contributed by atoms with E-state index in [4.69, 9.17) is 5.73 Å². The zero-order valence-corrected chi connectivity index (χ0v) is 12.6. The highest BCUT2D eigenvalue weighted by Crippen LogP contribution is 2.39. The van der Waals surface area contributed by atoms with Gasteiger partial charge < -0.3 is 15.5 Å². The van der Waals surface area contributed by atoms with Crippen molar-refractivity contribution in [2.45, 2.75) is 0 Å². The molecule has 102 valence electrons. The van der Waals surface area contributed by atoms with Crippen LogP contribution in [0.4, 0.5) is 22.7 Å². The van der Waals surface area contributed by atoms with Crippen molar-refractivity contribution >= 4 is 44.6 Å². The molecular formula is C15H14BrN3O. The molecule has 1 amide bonds. The van der Waals surface area contributed by atoms with Crippen molar-refractivity contribution in [1.29, 1.82) is 0 Å². The fourth-order valence-corrected chi connectivity index (χ4v) is 2.69. The van der Waals surface area contributed by atoms with Crippen LogP contribution in [-0.2, 0) is 4.79 Å². The molecule has 1 aliphatic heterocycles. The SMILES string of the molecule is CN1C(=O)CN(c2ccc(N)cc2)c2cc(Br)ccc21. The second kappa shape index (κ2) is 4.83. The summed E-state index contributed by atoms with van der Waals surface area (Å²) in [7, 11) is 1.80. The molecule has 5 heteroatoms. The molecule has 2 N–H and O–H groups in total. The Labute approximate surface area is 125 Å². The van der Waals surface area contributed by atoms with Gasteiger partial charge in [-0.1, -0.05) is 15.9 Å². The van der Waals surface area contributed by atoms with Crippen LogP contribution in [0.3, 0.4) is 0 Å². The fourth-order valence-electron chi connectivity index (χ4n) is 2.34. The van der Waals surface area contributed by atoms with Gasteiger partial charge in [0, 0.05) is 22.9 Å². The second-order valence-electron chi connectivity index (χ2n) is 4.76. The molecule has 2 aromatic rings. The van der Waals surface area contributed by atoms with Crippen LogP contribution in [0.25, 0.3) is 0 Å². The van der Waals surface area contributed by atoms with Gasteiger partial charge in [-0.3, -0.25) is 4.79 Å². The first kappa shape index (κ1) is 13.0. The van der Waals surface area contributed by atoms with Gasteiger partial charge in [0.15, 0.2) is 0 Å². The average molecular weight is 332 g/mol. The number of nitrogens with two attached hydrogens (primary N) is 1. The summed E-state index contributed by atoms with van der Waals surface area (Å²) in [6, 6.07) is 13.5. The Morgan fingerprint density at radius 2 is 1.80 bits per heavy atom. The first-order valence-electron chi connectivity index (χ1n) is 6.25. The summed E-state index contributed by atoms with van der Waals surface area (Å²) in [5.41, 5.74) is 9.30. The molecule has 0 atom stereocenters. The summed E-state index contributed by atoms with van der Waals surface area (Å²) in [6.07, 6.45) is 0. The third kappa shape index (κ3) is 2.14. The van der Waals surface area contributed by atoms with Crippen LogP contribution in [0.15, 0.2) is 46.9 Å². The number of nitrogen functional groups attached to an aromatic ring is 1. The predicted octanol–water partition coefficient (Wildman–Crippen LogP) is 3.15. The Balaban J connectivity index is 2.13. The predicted molar refractivity (Wildman–Crippen MR) is 85.4 cm³/mol. The molecule has 1 aliphatic rings. The zero-order valence-electron chi connectivity index (χ0n) is 11.0. The lowest BCUT2D eigenvalue weighted by Crippen LogP contribution is -2.41. The van der Waals surface area contributed by atoms with E-state index in [2.05, 4.69) is 15.9 Å². The summed E-state index contributed by atoms with van der Waals surface area (Å²) in [5.74, 6) is 0.0663. The number of amides is 1. The van der Waals surface area contributed by atoms with Crippen LogP contribution in [0, 0.1) is 0 Å². The van der Waals surface area contributed by atoms with E-state index >= 15 is 0 Å². The maximum absolute atomic E-state index is 12.1. The van der Waals surface area contributed by atoms with E-state index < -0.39 is 0 Å². The first-order chi connectivity index (χ1) is 9.56. The van der Waals surface area contributed by atoms with Gasteiger partial charge in [-0.05, 0) is 42.5 Å². The number of anilines is 4. The van der Waals surface area contributed by atoms with E-state index in [1.54, 1.807) is 11.9 Å². The van der Waals surface area contributed by atoms with E-state index in [1.165, 1.54) is 0 Å². The number of nitrogens with zero attached hydrogens (tertiary/aromatic N) is 2. The number of hydrogen-bond donors (Lipinski definition) is 1. The molecule has 0 saturated heterocycles. The summed E-state index contributed by atoms with van der Waals surface area (Å²) < 4.78 is 0.986. The molecule has 0 aromatic heterocycles. The molecule has 2 aromatic carbocycles. The molecule has 0 bridgehead atoms. The molecule has 4 nitrogen and oxygen atoms in total. The third-order valence-electron chi connectivity index (χ3n) is 3.46. The van der Waals surface area contributed by atoms with Gasteiger partial charge >= 0.3 is 0 Å². The van der Waals surface area contributed by atoms with Crippen molar-refractivity contribution in [1.82, 2.24) is 0 Å². The van der Waals surface area contributed by atoms with Gasteiger partial charge in [-0.2, -0.15) is 0 Å². The fraction of sp³-hybridized carbons (Fsp3) is 0.133. The zero-order chi connectivity index (χ0) is 14.3. The number of halogens is 1. The van der Waals surface area contributed by atoms with Crippen molar-refractivity contribution in [3.63, 3.8) is 0 Å². The number of hydrogen-bond acceptors (Lipinski definition) is 3. The second-order valence-corrected chi connectivity index (χ2v) is 5.68. The lowest BCUT2D eigenvalue weighted by Gasteiger charge is -2.35. The smallest absolute Gasteiger partial charge is 0.246 e. The normalized spacial score (nSPS) is 14.4. The van der Waals surface area contributed by atoms with Crippen LogP contribution in [0.5, 0.6) is 0 Å². The number of carbonyl (C=O) groups is 1. The minimum atomic E-state index is 0.0663. The standard InChI is InChI=1S/C15H14BrN3O/c1-18-13-7-2-10(16)8-14(13)19(9-15(18)20)12-5-3-11(17)4-6-12/h2-8H,9,17H2,1H3. The van der Waals surface area contributed by atoms with E-state index in [9.17, 15) is 4.79 Å². The lowest BCUT2D eigenvalue weighted by atomic mass is 10.1. The number of benzene rings is 2. The average Bonchev–Trinajstić information content (AvgIpc) is 2.44. The van der Waals surface area contributed by atoms with Gasteiger partial charge in [-0.15, -0.1) is 0 Å². The highest BCUT2D eigenvalue weighted by Gasteiger charge is 2.27. The van der Waals surface area contributed by atoms with Crippen molar-refractivity contribution in [3.05, 3.63) is 46.9 Å². The molecule has 0 unspecified atom stereocenters. The van der Waals surface area contributed by atoms with Gasteiger partial charge in [0.05, 0.1) is 11.4 Å². The van der Waals surface area contributed by atoms with Crippen LogP contribution < -0.4 is 15.5 Å². The number of likely N-dealkylation sites (N-methyl/N-ethyl adjacent to an activating group) is 1. The van der Waals surface area contributed by atoms with Crippen molar-refractivity contribution in [2.24, 2.45) is 0 Å². The summed E-state index contributed by atoms with van der Waals surface area (Å²) >= 11 is 3.49. The minimum Gasteiger partial charge on any atom is -0.399 e. The van der Waals surface area contributed by atoms with Crippen molar-refractivity contribution < 1.29 is 4.79 Å². The quantitative estimate of drug-likeness (QED) is 0.816. The topological polar surface area (TPSA) is 49.6 Å². The lowest BCUT2D eigenvalue weighted by molar-refractivity contribution is -0.117. The number of carbonyl (C=O) groups excluding carboxylic acids is 1. The van der Waals surface area contributed by atoms with E-state index in [1.807, 2.05) is 47.4 Å². The first-order valence-corrected chi connectivity index (χ1v) is 7.05.